The molecule has 0 fully saturated rings. The predicted molar refractivity (Wildman–Crippen MR) is 86.3 cm³/mol. The maximum Gasteiger partial charge on any atom is 1.00 e. The van der Waals surface area contributed by atoms with Crippen LogP contribution < -0.4 is 10.8 Å². The van der Waals surface area contributed by atoms with E-state index in [9.17, 15) is 5.11 Å². The number of anilines is 1. The zero-order chi connectivity index (χ0) is 15.0. The quantitative estimate of drug-likeness (QED) is 0.225. The molecule has 0 unspecified atom stereocenters. The number of nitrogen functional groups attached to an aromatic ring is 1. The molecule has 0 bridgehead atoms. The monoisotopic (exact) mass is 352 g/mol. The third kappa shape index (κ3) is 7.70. The number of nitrogens with two attached hydrogens (primary N) is 1. The molecule has 21 heavy (non-hydrogen) atoms. The predicted octanol–water partition coefficient (Wildman–Crippen LogP) is 2.04. The Labute approximate surface area is 139 Å². The van der Waals surface area contributed by atoms with Gasteiger partial charge in [-0.1, -0.05) is 43.0 Å². The van der Waals surface area contributed by atoms with Crippen LogP contribution in [-0.2, 0) is 17.1 Å². The van der Waals surface area contributed by atoms with Gasteiger partial charge in [0.05, 0.1) is 5.71 Å². The summed E-state index contributed by atoms with van der Waals surface area (Å²) >= 11 is 1.36. The summed E-state index contributed by atoms with van der Waals surface area (Å²) < 4.78 is 0. The molecule has 0 aliphatic heterocycles. The van der Waals surface area contributed by atoms with Gasteiger partial charge in [-0.25, -0.2) is 4.99 Å². The summed E-state index contributed by atoms with van der Waals surface area (Å²) in [6.45, 7) is 3.18. The fourth-order valence-electron chi connectivity index (χ4n) is 1.32. The molecule has 0 aromatic heterocycles. The van der Waals surface area contributed by atoms with Gasteiger partial charge in [0.2, 0.25) is 5.17 Å². The molecule has 0 amide bonds. The van der Waals surface area contributed by atoms with Crippen molar-refractivity contribution in [2.45, 2.75) is 13.8 Å². The molecule has 2 N–H and O–H groups in total. The van der Waals surface area contributed by atoms with Crippen LogP contribution in [0.5, 0.6) is 0 Å². The van der Waals surface area contributed by atoms with Crippen LogP contribution in [0.1, 0.15) is 19.4 Å². The van der Waals surface area contributed by atoms with Gasteiger partial charge >= 0.3 is 17.1 Å². The fraction of sp³-hybridized carbons (Fsp3) is 0.214. The van der Waals surface area contributed by atoms with Gasteiger partial charge in [-0.3, -0.25) is 0 Å². The average Bonchev–Trinajstić information content (AvgIpc) is 2.40. The molecule has 116 valence electrons. The Morgan fingerprint density at radius 1 is 1.24 bits per heavy atom. The molecule has 7 heteroatoms. The van der Waals surface area contributed by atoms with Crippen molar-refractivity contribution in [1.29, 1.82) is 0 Å². The minimum Gasteiger partial charge on any atom is -0.876 e. The first kappa shape index (κ1) is 19.4. The van der Waals surface area contributed by atoms with Gasteiger partial charge in [-0.2, -0.15) is 5.10 Å². The van der Waals surface area contributed by atoms with Crippen LogP contribution in [0, 0.1) is 0 Å². The summed E-state index contributed by atoms with van der Waals surface area (Å²) in [5, 5.41) is 19.3. The molecular weight excluding hydrogens is 336 g/mol. The third-order valence-electron chi connectivity index (χ3n) is 2.20. The van der Waals surface area contributed by atoms with Crippen LogP contribution in [0.3, 0.4) is 0 Å². The molecule has 0 aliphatic rings. The second-order valence-corrected chi connectivity index (χ2v) is 4.74. The first-order chi connectivity index (χ1) is 9.52. The number of thioether (sulfide) groups is 1. The normalized spacial score (nSPS) is 13.4. The Hall–Kier alpha value is -1.56. The van der Waals surface area contributed by atoms with Crippen molar-refractivity contribution in [3.63, 3.8) is 0 Å². The minimum atomic E-state index is -0.0623. The Morgan fingerprint density at radius 2 is 1.90 bits per heavy atom. The van der Waals surface area contributed by atoms with E-state index in [1.165, 1.54) is 24.8 Å². The summed E-state index contributed by atoms with van der Waals surface area (Å²) in [5.41, 5.74) is 7.84. The van der Waals surface area contributed by atoms with Gasteiger partial charge in [0.25, 0.3) is 0 Å². The zero-order valence-corrected chi connectivity index (χ0v) is 13.8. The average molecular weight is 353 g/mol. The second-order valence-electron chi connectivity index (χ2n) is 3.97. The van der Waals surface area contributed by atoms with Gasteiger partial charge < -0.3 is 10.8 Å². The first-order valence-corrected chi connectivity index (χ1v) is 7.15. The molecule has 0 saturated carbocycles. The number of hydrogen-bond acceptors (Lipinski definition) is 5. The molecule has 0 atom stereocenters. The van der Waals surface area contributed by atoms with Crippen molar-refractivity contribution < 1.29 is 22.2 Å². The number of benzene rings is 1. The molecule has 0 radical (unpaired) electrons. The third-order valence-corrected chi connectivity index (χ3v) is 2.75. The second kappa shape index (κ2) is 10.2. The maximum absolute atomic E-state index is 10.9. The van der Waals surface area contributed by atoms with Crippen LogP contribution in [0.25, 0.3) is 0 Å². The fourth-order valence-corrected chi connectivity index (χ4v) is 1.60. The molecule has 0 aliphatic carbocycles. The Bertz CT molecular complexity index is 578. The summed E-state index contributed by atoms with van der Waals surface area (Å²) in [6.07, 6.45) is 4.91. The van der Waals surface area contributed by atoms with E-state index in [4.69, 9.17) is 5.73 Å². The molecule has 5 nitrogen and oxygen atoms in total. The standard InChI is InChI=1S/C14H18N4OS.Cu/c1-10(8-11(2)19)17-18-14(20-3)16-9-12-6-4-5-7-13(12)15;/h4-9,19H,15H2,1-3H3;/q;+1/p-1/b11-8-,16-9?,17-10+,18-14?;. The minimum absolute atomic E-state index is 0. The smallest absolute Gasteiger partial charge is 0.876 e. The summed E-state index contributed by atoms with van der Waals surface area (Å²) in [4.78, 5) is 4.23. The van der Waals surface area contributed by atoms with E-state index in [0.29, 0.717) is 16.6 Å². The van der Waals surface area contributed by atoms with Crippen LogP contribution in [0.4, 0.5) is 5.69 Å². The van der Waals surface area contributed by atoms with Crippen LogP contribution in [0.15, 0.2) is 51.3 Å². The van der Waals surface area contributed by atoms with E-state index >= 15 is 0 Å². The van der Waals surface area contributed by atoms with Gasteiger partial charge in [0.15, 0.2) is 0 Å². The molecule has 1 rings (SSSR count). The Balaban J connectivity index is 0.00000400. The van der Waals surface area contributed by atoms with Gasteiger partial charge in [-0.15, -0.1) is 10.9 Å². The summed E-state index contributed by atoms with van der Waals surface area (Å²) in [6, 6.07) is 7.43. The number of nitrogens with zero attached hydrogens (tertiary/aromatic N) is 3. The zero-order valence-electron chi connectivity index (χ0n) is 12.0. The Kier molecular flexibility index (Phi) is 9.45. The Morgan fingerprint density at radius 3 is 2.48 bits per heavy atom. The van der Waals surface area contributed by atoms with Crippen molar-refractivity contribution in [1.82, 2.24) is 0 Å². The molecule has 0 spiro atoms. The van der Waals surface area contributed by atoms with E-state index in [2.05, 4.69) is 15.2 Å². The number of para-hydroxylation sites is 1. The van der Waals surface area contributed by atoms with Crippen molar-refractivity contribution in [2.24, 2.45) is 15.2 Å². The van der Waals surface area contributed by atoms with Crippen molar-refractivity contribution in [2.75, 3.05) is 12.0 Å². The summed E-state index contributed by atoms with van der Waals surface area (Å²) in [5.74, 6) is -0.0623. The van der Waals surface area contributed by atoms with Crippen molar-refractivity contribution in [3.8, 4) is 0 Å². The van der Waals surface area contributed by atoms with E-state index in [1.807, 2.05) is 24.5 Å². The molecule has 0 saturated heterocycles. The van der Waals surface area contributed by atoms with Gasteiger partial charge in [0, 0.05) is 17.5 Å². The number of hydrogen-bond donors (Lipinski definition) is 1. The number of allylic oxidation sites excluding steroid dienone is 2. The van der Waals surface area contributed by atoms with E-state index in [0.717, 1.165) is 5.56 Å². The van der Waals surface area contributed by atoms with E-state index < -0.39 is 0 Å². The molecular formula is C14H17CuN4OS. The molecule has 0 heterocycles. The van der Waals surface area contributed by atoms with Gasteiger partial charge in [-0.05, 0) is 19.2 Å². The largest absolute Gasteiger partial charge is 1.00 e. The van der Waals surface area contributed by atoms with E-state index in [-0.39, 0.29) is 22.8 Å². The number of rotatable bonds is 3. The molecule has 1 aromatic rings. The van der Waals surface area contributed by atoms with Crippen molar-refractivity contribution >= 4 is 34.5 Å². The molecule has 1 aromatic carbocycles. The van der Waals surface area contributed by atoms with E-state index in [1.54, 1.807) is 19.2 Å². The topological polar surface area (TPSA) is 86.2 Å². The SMILES string of the molecule is CSC(N=Cc1ccccc1N)=N/N=C(C)/C=C(/C)[O-].[Cu+]. The van der Waals surface area contributed by atoms with Crippen LogP contribution in [0.2, 0.25) is 0 Å². The summed E-state index contributed by atoms with van der Waals surface area (Å²) in [7, 11) is 0. The maximum atomic E-state index is 10.9. The van der Waals surface area contributed by atoms with Gasteiger partial charge in [0.1, 0.15) is 0 Å². The number of aliphatic imine (C=N–C) groups is 1. The van der Waals surface area contributed by atoms with Crippen molar-refractivity contribution in [3.05, 3.63) is 41.7 Å². The van der Waals surface area contributed by atoms with Crippen LogP contribution >= 0.6 is 11.8 Å². The first-order valence-electron chi connectivity index (χ1n) is 5.93. The number of amidine groups is 1. The van der Waals surface area contributed by atoms with Crippen LogP contribution in [-0.4, -0.2) is 23.3 Å².